The maximum absolute atomic E-state index is 5.52. The highest BCUT2D eigenvalue weighted by Crippen LogP contribution is 2.57. The Bertz CT molecular complexity index is 672. The summed E-state index contributed by atoms with van der Waals surface area (Å²) < 4.78 is 5.52. The molecule has 5 rings (SSSR count). The molecule has 108 valence electrons. The molecule has 1 aromatic rings. The number of ether oxygens (including phenoxy) is 1. The maximum Gasteiger partial charge on any atom is 0.144 e. The number of hydrogen-bond acceptors (Lipinski definition) is 6. The average molecular weight is 283 g/mol. The molecule has 0 N–H and O–H groups in total. The summed E-state index contributed by atoms with van der Waals surface area (Å²) in [6, 6.07) is 7.61. The van der Waals surface area contributed by atoms with Crippen LogP contribution in [0.25, 0.3) is 0 Å². The summed E-state index contributed by atoms with van der Waals surface area (Å²) in [6.45, 7) is 2.09. The molecular formula is C15H17N5O. The standard InChI is InChI=1S/C15H17N5O/c1-7-3-4-11(21-2)10(5-7)20-15-9-6-8(14(15)18-19-20)12-13(9)17-16-12/h3-5,8-9,12-15H,6H2,1-2H3/t8-,9+,12+,13-,14-,15+/m0/s1. The molecule has 0 aromatic heterocycles. The molecule has 1 aromatic carbocycles. The van der Waals surface area contributed by atoms with Crippen LogP contribution in [0.3, 0.4) is 0 Å². The predicted octanol–water partition coefficient (Wildman–Crippen LogP) is 2.78. The van der Waals surface area contributed by atoms with E-state index >= 15 is 0 Å². The Balaban J connectivity index is 1.56. The first kappa shape index (κ1) is 11.7. The number of azo groups is 1. The molecule has 0 unspecified atom stereocenters. The first-order valence-corrected chi connectivity index (χ1v) is 7.52. The fourth-order valence-corrected chi connectivity index (χ4v) is 4.52. The molecule has 0 spiro atoms. The molecule has 21 heavy (non-hydrogen) atoms. The van der Waals surface area contributed by atoms with Gasteiger partial charge in [0.1, 0.15) is 29.6 Å². The molecule has 4 aliphatic rings. The van der Waals surface area contributed by atoms with E-state index in [0.717, 1.165) is 11.4 Å². The quantitative estimate of drug-likeness (QED) is 0.837. The van der Waals surface area contributed by atoms with E-state index < -0.39 is 0 Å². The summed E-state index contributed by atoms with van der Waals surface area (Å²) in [6.07, 6.45) is 1.18. The Labute approximate surface area is 122 Å². The van der Waals surface area contributed by atoms with Crippen LogP contribution < -0.4 is 9.75 Å². The molecule has 6 atom stereocenters. The van der Waals surface area contributed by atoms with Crippen LogP contribution in [0.4, 0.5) is 5.69 Å². The Morgan fingerprint density at radius 3 is 2.67 bits per heavy atom. The van der Waals surface area contributed by atoms with Gasteiger partial charge in [0.05, 0.1) is 13.2 Å². The van der Waals surface area contributed by atoms with Gasteiger partial charge in [-0.25, -0.2) is 5.01 Å². The van der Waals surface area contributed by atoms with Gasteiger partial charge in [0.2, 0.25) is 0 Å². The van der Waals surface area contributed by atoms with E-state index in [1.807, 2.05) is 6.07 Å². The zero-order valence-corrected chi connectivity index (χ0v) is 12.0. The lowest BCUT2D eigenvalue weighted by Gasteiger charge is -2.38. The van der Waals surface area contributed by atoms with E-state index in [4.69, 9.17) is 4.74 Å². The van der Waals surface area contributed by atoms with Crippen molar-refractivity contribution in [3.8, 4) is 5.75 Å². The molecule has 6 heteroatoms. The van der Waals surface area contributed by atoms with Crippen LogP contribution in [-0.2, 0) is 0 Å². The zero-order chi connectivity index (χ0) is 14.1. The third-order valence-corrected chi connectivity index (χ3v) is 5.48. The highest BCUT2D eigenvalue weighted by Gasteiger charge is 2.65. The molecule has 2 aliphatic carbocycles. The number of benzene rings is 1. The van der Waals surface area contributed by atoms with Crippen molar-refractivity contribution in [2.24, 2.45) is 32.4 Å². The molecule has 6 nitrogen and oxygen atoms in total. The third-order valence-electron chi connectivity index (χ3n) is 5.48. The van der Waals surface area contributed by atoms with Crippen molar-refractivity contribution in [3.63, 3.8) is 0 Å². The largest absolute Gasteiger partial charge is 0.495 e. The number of anilines is 1. The van der Waals surface area contributed by atoms with Crippen LogP contribution in [-0.4, -0.2) is 31.3 Å². The minimum atomic E-state index is 0.278. The fraction of sp³-hybridized carbons (Fsp3) is 0.600. The molecule has 2 heterocycles. The van der Waals surface area contributed by atoms with Crippen LogP contribution in [0.1, 0.15) is 12.0 Å². The van der Waals surface area contributed by atoms with Gasteiger partial charge in [-0.2, -0.15) is 15.3 Å². The molecule has 0 radical (unpaired) electrons. The lowest BCUT2D eigenvalue weighted by atomic mass is 9.82. The van der Waals surface area contributed by atoms with E-state index in [-0.39, 0.29) is 6.04 Å². The van der Waals surface area contributed by atoms with Gasteiger partial charge in [0.15, 0.2) is 0 Å². The Morgan fingerprint density at radius 2 is 1.90 bits per heavy atom. The molecule has 2 fully saturated rings. The van der Waals surface area contributed by atoms with Crippen LogP contribution >= 0.6 is 0 Å². The summed E-state index contributed by atoms with van der Waals surface area (Å²) in [5.74, 6) is 1.92. The molecule has 2 aliphatic heterocycles. The molecule has 2 bridgehead atoms. The smallest absolute Gasteiger partial charge is 0.144 e. The van der Waals surface area contributed by atoms with E-state index in [0.29, 0.717) is 30.0 Å². The normalized spacial score (nSPS) is 41.1. The van der Waals surface area contributed by atoms with Gasteiger partial charge in [0, 0.05) is 11.8 Å². The average Bonchev–Trinajstić information content (AvgIpc) is 3.06. The summed E-state index contributed by atoms with van der Waals surface area (Å²) in [7, 11) is 1.70. The molecule has 2 saturated carbocycles. The lowest BCUT2D eigenvalue weighted by molar-refractivity contribution is 0.242. The SMILES string of the molecule is COc1ccc(C)cc1N1N=N[C@H]2[C@H]3C[C@H]([C@@H]4N=N[C@H]34)[C@H]21. The highest BCUT2D eigenvalue weighted by molar-refractivity contribution is 5.61. The van der Waals surface area contributed by atoms with Crippen molar-refractivity contribution in [1.82, 2.24) is 0 Å². The van der Waals surface area contributed by atoms with Crippen molar-refractivity contribution < 1.29 is 4.74 Å². The summed E-state index contributed by atoms with van der Waals surface area (Å²) >= 11 is 0. The number of methoxy groups -OCH3 is 1. The van der Waals surface area contributed by atoms with Crippen LogP contribution in [0.2, 0.25) is 0 Å². The third kappa shape index (κ3) is 1.33. The van der Waals surface area contributed by atoms with Crippen molar-refractivity contribution >= 4 is 5.69 Å². The number of fused-ring (bicyclic) bond motifs is 8. The monoisotopic (exact) mass is 283 g/mol. The first-order valence-electron chi connectivity index (χ1n) is 7.52. The minimum Gasteiger partial charge on any atom is -0.495 e. The predicted molar refractivity (Wildman–Crippen MR) is 76.7 cm³/mol. The summed E-state index contributed by atoms with van der Waals surface area (Å²) in [5, 5.41) is 19.7. The summed E-state index contributed by atoms with van der Waals surface area (Å²) in [4.78, 5) is 0. The van der Waals surface area contributed by atoms with Gasteiger partial charge in [-0.05, 0) is 31.0 Å². The topological polar surface area (TPSA) is 61.9 Å². The van der Waals surface area contributed by atoms with Crippen molar-refractivity contribution in [2.75, 3.05) is 12.1 Å². The first-order chi connectivity index (χ1) is 10.3. The van der Waals surface area contributed by atoms with E-state index in [2.05, 4.69) is 44.6 Å². The fourth-order valence-electron chi connectivity index (χ4n) is 4.52. The highest BCUT2D eigenvalue weighted by atomic mass is 16.5. The number of rotatable bonds is 2. The van der Waals surface area contributed by atoms with Gasteiger partial charge in [0.25, 0.3) is 0 Å². The van der Waals surface area contributed by atoms with Crippen LogP contribution in [0.5, 0.6) is 5.75 Å². The second kappa shape index (κ2) is 3.81. The van der Waals surface area contributed by atoms with Gasteiger partial charge in [-0.1, -0.05) is 11.3 Å². The van der Waals surface area contributed by atoms with Gasteiger partial charge in [-0.3, -0.25) is 0 Å². The Hall–Kier alpha value is -1.98. The van der Waals surface area contributed by atoms with E-state index in [1.165, 1.54) is 12.0 Å². The van der Waals surface area contributed by atoms with Crippen molar-refractivity contribution in [1.29, 1.82) is 0 Å². The second-order valence-corrected chi connectivity index (χ2v) is 6.48. The number of nitrogens with zero attached hydrogens (tertiary/aromatic N) is 5. The maximum atomic E-state index is 5.52. The number of aryl methyl sites for hydroxylation is 1. The minimum absolute atomic E-state index is 0.278. The van der Waals surface area contributed by atoms with E-state index in [9.17, 15) is 0 Å². The van der Waals surface area contributed by atoms with Crippen molar-refractivity contribution in [2.45, 2.75) is 37.5 Å². The Morgan fingerprint density at radius 1 is 1.10 bits per heavy atom. The van der Waals surface area contributed by atoms with Crippen molar-refractivity contribution in [3.05, 3.63) is 23.8 Å². The number of hydrogen-bond donors (Lipinski definition) is 0. The van der Waals surface area contributed by atoms with Gasteiger partial charge in [-0.15, -0.1) is 0 Å². The summed E-state index contributed by atoms with van der Waals surface area (Å²) in [5.41, 5.74) is 2.22. The molecule has 0 amide bonds. The second-order valence-electron chi connectivity index (χ2n) is 6.48. The zero-order valence-electron chi connectivity index (χ0n) is 12.0. The van der Waals surface area contributed by atoms with Gasteiger partial charge >= 0.3 is 0 Å². The van der Waals surface area contributed by atoms with E-state index in [1.54, 1.807) is 7.11 Å². The molecule has 0 saturated heterocycles. The molecular weight excluding hydrogens is 266 g/mol. The van der Waals surface area contributed by atoms with Crippen LogP contribution in [0, 0.1) is 18.8 Å². The van der Waals surface area contributed by atoms with Crippen LogP contribution in [0.15, 0.2) is 38.8 Å². The Kier molecular flexibility index (Phi) is 2.11. The van der Waals surface area contributed by atoms with Gasteiger partial charge < -0.3 is 4.74 Å². The lowest BCUT2D eigenvalue weighted by Crippen LogP contribution is -2.52.